The zero-order chi connectivity index (χ0) is 15.7. The first kappa shape index (κ1) is 14.5. The first-order chi connectivity index (χ1) is 11.3. The number of rotatable bonds is 3. The number of carbonyl (C=O) groups is 1. The van der Waals surface area contributed by atoms with Gasteiger partial charge in [0.1, 0.15) is 0 Å². The topological polar surface area (TPSA) is 58.4 Å². The van der Waals surface area contributed by atoms with Crippen LogP contribution in [0.1, 0.15) is 36.3 Å². The number of carbonyl (C=O) groups excluding carboxylic acids is 1. The molecule has 23 heavy (non-hydrogen) atoms. The van der Waals surface area contributed by atoms with Gasteiger partial charge in [0, 0.05) is 55.5 Å². The first-order valence-corrected chi connectivity index (χ1v) is 8.20. The van der Waals surface area contributed by atoms with Crippen LogP contribution in [0.5, 0.6) is 0 Å². The summed E-state index contributed by atoms with van der Waals surface area (Å²) in [6.45, 7) is 2.89. The predicted molar refractivity (Wildman–Crippen MR) is 85.7 cm³/mol. The maximum atomic E-state index is 12.1. The van der Waals surface area contributed by atoms with E-state index in [2.05, 4.69) is 21.3 Å². The third-order valence-electron chi connectivity index (χ3n) is 5.27. The van der Waals surface area contributed by atoms with Gasteiger partial charge in [-0.15, -0.1) is 0 Å². The Bertz CT molecular complexity index is 661. The van der Waals surface area contributed by atoms with Gasteiger partial charge in [-0.25, -0.2) is 0 Å². The average molecular weight is 311 g/mol. The highest BCUT2D eigenvalue weighted by Gasteiger charge is 2.48. The van der Waals surface area contributed by atoms with Crippen molar-refractivity contribution in [3.63, 3.8) is 0 Å². The number of amides is 1. The van der Waals surface area contributed by atoms with Crippen molar-refractivity contribution in [3.8, 4) is 0 Å². The second kappa shape index (κ2) is 5.81. The van der Waals surface area contributed by atoms with E-state index in [-0.39, 0.29) is 17.4 Å². The molecule has 5 nitrogen and oxygen atoms in total. The van der Waals surface area contributed by atoms with E-state index >= 15 is 0 Å². The summed E-state index contributed by atoms with van der Waals surface area (Å²) in [6.07, 6.45) is 9.76. The maximum absolute atomic E-state index is 12.1. The zero-order valence-corrected chi connectivity index (χ0v) is 13.1. The van der Waals surface area contributed by atoms with Crippen molar-refractivity contribution in [2.45, 2.75) is 37.3 Å². The molecule has 5 heteroatoms. The van der Waals surface area contributed by atoms with Crippen molar-refractivity contribution in [1.29, 1.82) is 0 Å². The summed E-state index contributed by atoms with van der Waals surface area (Å²) in [7, 11) is 0. The maximum Gasteiger partial charge on any atom is 0.221 e. The van der Waals surface area contributed by atoms with Gasteiger partial charge in [0.2, 0.25) is 5.91 Å². The number of nitrogens with one attached hydrogen (secondary N) is 1. The number of furan rings is 1. The minimum atomic E-state index is -0.104. The molecule has 0 radical (unpaired) electrons. The molecule has 1 amide bonds. The SMILES string of the molecule is O=C1C[C@@H](c2cccnc2)C2(CCN(Cc3ccoc3)CC2)N1. The summed E-state index contributed by atoms with van der Waals surface area (Å²) in [5, 5.41) is 3.29. The van der Waals surface area contributed by atoms with Gasteiger partial charge in [-0.1, -0.05) is 6.07 Å². The number of hydrogen-bond donors (Lipinski definition) is 1. The van der Waals surface area contributed by atoms with Crippen molar-refractivity contribution in [3.05, 3.63) is 54.2 Å². The molecule has 0 unspecified atom stereocenters. The van der Waals surface area contributed by atoms with Crippen LogP contribution in [0.25, 0.3) is 0 Å². The fraction of sp³-hybridized carbons (Fsp3) is 0.444. The van der Waals surface area contributed by atoms with Crippen molar-refractivity contribution >= 4 is 5.91 Å². The Balaban J connectivity index is 1.49. The van der Waals surface area contributed by atoms with Crippen molar-refractivity contribution in [2.24, 2.45) is 0 Å². The Labute approximate surface area is 135 Å². The molecular formula is C18H21N3O2. The molecule has 0 aliphatic carbocycles. The number of aromatic nitrogens is 1. The molecule has 2 saturated heterocycles. The van der Waals surface area contributed by atoms with Gasteiger partial charge in [0.15, 0.2) is 0 Å². The van der Waals surface area contributed by atoms with Crippen molar-refractivity contribution in [1.82, 2.24) is 15.2 Å². The molecule has 2 aliphatic rings. The highest BCUT2D eigenvalue weighted by molar-refractivity contribution is 5.81. The van der Waals surface area contributed by atoms with Gasteiger partial charge in [0.05, 0.1) is 12.5 Å². The van der Waals surface area contributed by atoms with Crippen LogP contribution in [0.15, 0.2) is 47.5 Å². The van der Waals surface area contributed by atoms with E-state index in [1.54, 1.807) is 18.7 Å². The molecule has 2 aliphatic heterocycles. The van der Waals surface area contributed by atoms with E-state index in [1.165, 1.54) is 11.1 Å². The van der Waals surface area contributed by atoms with Crippen LogP contribution in [-0.4, -0.2) is 34.4 Å². The standard InChI is InChI=1S/C18H21N3O2/c22-17-10-16(15-2-1-6-19-11-15)18(20-17)4-7-21(8-5-18)12-14-3-9-23-13-14/h1-3,6,9,11,13,16H,4-5,7-8,10,12H2,(H,20,22)/t16-/m0/s1. The van der Waals surface area contributed by atoms with Gasteiger partial charge >= 0.3 is 0 Å². The number of likely N-dealkylation sites (tertiary alicyclic amines) is 1. The van der Waals surface area contributed by atoms with E-state index < -0.39 is 0 Å². The third-order valence-corrected chi connectivity index (χ3v) is 5.27. The van der Waals surface area contributed by atoms with E-state index in [1.807, 2.05) is 18.3 Å². The minimum Gasteiger partial charge on any atom is -0.472 e. The van der Waals surface area contributed by atoms with Gasteiger partial charge in [-0.05, 0) is 30.5 Å². The van der Waals surface area contributed by atoms with Crippen LogP contribution < -0.4 is 5.32 Å². The van der Waals surface area contributed by atoms with Crippen LogP contribution in [0, 0.1) is 0 Å². The fourth-order valence-corrected chi connectivity index (χ4v) is 4.04. The average Bonchev–Trinajstić information content (AvgIpc) is 3.19. The Morgan fingerprint density at radius 1 is 1.35 bits per heavy atom. The number of hydrogen-bond acceptors (Lipinski definition) is 4. The number of nitrogens with zero attached hydrogens (tertiary/aromatic N) is 2. The molecule has 0 aromatic carbocycles. The van der Waals surface area contributed by atoms with E-state index in [0.717, 1.165) is 32.5 Å². The molecule has 120 valence electrons. The van der Waals surface area contributed by atoms with E-state index in [0.29, 0.717) is 6.42 Å². The van der Waals surface area contributed by atoms with Gasteiger partial charge in [-0.2, -0.15) is 0 Å². The smallest absolute Gasteiger partial charge is 0.221 e. The molecular weight excluding hydrogens is 290 g/mol. The predicted octanol–water partition coefficient (Wildman–Crippen LogP) is 2.31. The molecule has 1 N–H and O–H groups in total. The van der Waals surface area contributed by atoms with Crippen LogP contribution in [-0.2, 0) is 11.3 Å². The molecule has 1 atom stereocenters. The number of pyridine rings is 1. The van der Waals surface area contributed by atoms with Crippen LogP contribution in [0.2, 0.25) is 0 Å². The molecule has 2 aromatic heterocycles. The molecule has 2 aromatic rings. The second-order valence-electron chi connectivity index (χ2n) is 6.66. The Morgan fingerprint density at radius 2 is 2.22 bits per heavy atom. The highest BCUT2D eigenvalue weighted by atomic mass is 16.3. The summed E-state index contributed by atoms with van der Waals surface area (Å²) >= 11 is 0. The lowest BCUT2D eigenvalue weighted by Crippen LogP contribution is -2.53. The van der Waals surface area contributed by atoms with E-state index in [9.17, 15) is 4.79 Å². The lowest BCUT2D eigenvalue weighted by molar-refractivity contribution is -0.120. The van der Waals surface area contributed by atoms with Crippen LogP contribution in [0.3, 0.4) is 0 Å². The number of piperidine rings is 1. The van der Waals surface area contributed by atoms with Crippen LogP contribution in [0.4, 0.5) is 0 Å². The first-order valence-electron chi connectivity index (χ1n) is 8.20. The lowest BCUT2D eigenvalue weighted by atomic mass is 9.74. The third kappa shape index (κ3) is 2.77. The van der Waals surface area contributed by atoms with Gasteiger partial charge < -0.3 is 9.73 Å². The van der Waals surface area contributed by atoms with Crippen LogP contribution >= 0.6 is 0 Å². The Kier molecular flexibility index (Phi) is 3.65. The van der Waals surface area contributed by atoms with Crippen molar-refractivity contribution in [2.75, 3.05) is 13.1 Å². The second-order valence-corrected chi connectivity index (χ2v) is 6.66. The minimum absolute atomic E-state index is 0.104. The quantitative estimate of drug-likeness (QED) is 0.945. The van der Waals surface area contributed by atoms with Crippen molar-refractivity contribution < 1.29 is 9.21 Å². The summed E-state index contributed by atoms with van der Waals surface area (Å²) in [5.41, 5.74) is 2.28. The molecule has 2 fully saturated rings. The monoisotopic (exact) mass is 311 g/mol. The molecule has 4 heterocycles. The molecule has 4 rings (SSSR count). The summed E-state index contributed by atoms with van der Waals surface area (Å²) in [5.74, 6) is 0.405. The largest absolute Gasteiger partial charge is 0.472 e. The highest BCUT2D eigenvalue weighted by Crippen LogP contribution is 2.43. The zero-order valence-electron chi connectivity index (χ0n) is 13.1. The Hall–Kier alpha value is -2.14. The summed E-state index contributed by atoms with van der Waals surface area (Å²) in [6, 6.07) is 6.07. The summed E-state index contributed by atoms with van der Waals surface area (Å²) < 4.78 is 5.15. The Morgan fingerprint density at radius 3 is 2.91 bits per heavy atom. The lowest BCUT2D eigenvalue weighted by Gasteiger charge is -2.42. The fourth-order valence-electron chi connectivity index (χ4n) is 4.04. The molecule has 0 bridgehead atoms. The normalized spacial score (nSPS) is 24.0. The van der Waals surface area contributed by atoms with E-state index in [4.69, 9.17) is 4.42 Å². The molecule has 1 spiro atoms. The summed E-state index contributed by atoms with van der Waals surface area (Å²) in [4.78, 5) is 18.7. The van der Waals surface area contributed by atoms with Gasteiger partial charge in [-0.3, -0.25) is 14.7 Å². The molecule has 0 saturated carbocycles. The van der Waals surface area contributed by atoms with Gasteiger partial charge in [0.25, 0.3) is 0 Å².